The molecule has 9 heteroatoms. The first kappa shape index (κ1) is 24.7. The number of ether oxygens (including phenoxy) is 1. The number of methoxy groups -OCH3 is 1. The van der Waals surface area contributed by atoms with Gasteiger partial charge in [0.2, 0.25) is 0 Å². The number of hydrogen-bond acceptors (Lipinski definition) is 6. The zero-order valence-corrected chi connectivity index (χ0v) is 20.4. The molecule has 1 aliphatic heterocycles. The highest BCUT2D eigenvalue weighted by Gasteiger charge is 2.25. The molecule has 8 nitrogen and oxygen atoms in total. The van der Waals surface area contributed by atoms with E-state index >= 15 is 0 Å². The van der Waals surface area contributed by atoms with Crippen LogP contribution >= 0.6 is 0 Å². The minimum atomic E-state index is -4.20. The Kier molecular flexibility index (Phi) is 7.67. The first-order chi connectivity index (χ1) is 16.9. The number of piperidine rings is 1. The normalized spacial score (nSPS) is 14.4. The van der Waals surface area contributed by atoms with E-state index in [-0.39, 0.29) is 21.7 Å². The number of carbonyl (C=O) groups excluding carboxylic acids is 2. The highest BCUT2D eigenvalue weighted by Crippen LogP contribution is 2.29. The van der Waals surface area contributed by atoms with Crippen LogP contribution in [0.1, 0.15) is 40.0 Å². The van der Waals surface area contributed by atoms with Crippen LogP contribution in [0.15, 0.2) is 65.6 Å². The van der Waals surface area contributed by atoms with Crippen LogP contribution in [0.3, 0.4) is 0 Å². The van der Waals surface area contributed by atoms with E-state index in [4.69, 9.17) is 4.74 Å². The van der Waals surface area contributed by atoms with Crippen LogP contribution in [0, 0.1) is 0 Å². The molecule has 0 saturated carbocycles. The number of hydrogen-bond donors (Lipinski definition) is 2. The zero-order valence-electron chi connectivity index (χ0n) is 19.6. The van der Waals surface area contributed by atoms with Crippen molar-refractivity contribution in [3.05, 3.63) is 71.8 Å². The molecule has 0 bridgehead atoms. The number of carbonyl (C=O) groups is 2. The Balaban J connectivity index is 1.59. The van der Waals surface area contributed by atoms with Gasteiger partial charge in [0.15, 0.2) is 0 Å². The van der Waals surface area contributed by atoms with Gasteiger partial charge in [-0.2, -0.15) is 0 Å². The molecule has 35 heavy (non-hydrogen) atoms. The predicted molar refractivity (Wildman–Crippen MR) is 135 cm³/mol. The van der Waals surface area contributed by atoms with E-state index < -0.39 is 21.9 Å². The topological polar surface area (TPSA) is 105 Å². The average molecular weight is 496 g/mol. The predicted octanol–water partition coefficient (Wildman–Crippen LogP) is 3.64. The zero-order chi connectivity index (χ0) is 24.8. The Morgan fingerprint density at radius 1 is 0.943 bits per heavy atom. The summed E-state index contributed by atoms with van der Waals surface area (Å²) in [7, 11) is -2.95. The first-order valence-corrected chi connectivity index (χ1v) is 13.1. The molecule has 0 radical (unpaired) electrons. The Labute approximate surface area is 205 Å². The number of nitrogens with one attached hydrogen (secondary N) is 2. The van der Waals surface area contributed by atoms with Gasteiger partial charge in [0, 0.05) is 13.1 Å². The Morgan fingerprint density at radius 2 is 1.66 bits per heavy atom. The number of esters is 1. The second-order valence-electron chi connectivity index (χ2n) is 8.46. The quantitative estimate of drug-likeness (QED) is 0.463. The van der Waals surface area contributed by atoms with E-state index in [9.17, 15) is 18.0 Å². The van der Waals surface area contributed by atoms with Gasteiger partial charge in [-0.3, -0.25) is 9.52 Å². The molecule has 3 aromatic carbocycles. The van der Waals surface area contributed by atoms with E-state index in [1.807, 2.05) is 12.1 Å². The van der Waals surface area contributed by atoms with Gasteiger partial charge >= 0.3 is 5.97 Å². The summed E-state index contributed by atoms with van der Waals surface area (Å²) in [5.74, 6) is -1.13. The Bertz CT molecular complexity index is 1330. The highest BCUT2D eigenvalue weighted by atomic mass is 32.2. The van der Waals surface area contributed by atoms with E-state index in [1.165, 1.54) is 31.7 Å². The monoisotopic (exact) mass is 495 g/mol. The third-order valence-corrected chi connectivity index (χ3v) is 7.57. The molecule has 1 amide bonds. The van der Waals surface area contributed by atoms with Crippen molar-refractivity contribution in [2.24, 2.45) is 0 Å². The lowest BCUT2D eigenvalue weighted by Gasteiger charge is -2.26. The van der Waals surface area contributed by atoms with E-state index in [0.29, 0.717) is 11.9 Å². The maximum absolute atomic E-state index is 13.4. The van der Waals surface area contributed by atoms with Crippen LogP contribution in [0.4, 0.5) is 5.69 Å². The SMILES string of the molecule is COC(=O)c1c(NS(=O)(=O)c2ccccc2C(=O)NCCN2CCCCC2)ccc2ccccc12. The van der Waals surface area contributed by atoms with Gasteiger partial charge in [-0.05, 0) is 54.9 Å². The van der Waals surface area contributed by atoms with Crippen molar-refractivity contribution in [1.82, 2.24) is 10.2 Å². The van der Waals surface area contributed by atoms with Crippen LogP contribution in [0.2, 0.25) is 0 Å². The minimum absolute atomic E-state index is 0.0408. The van der Waals surface area contributed by atoms with Crippen LogP contribution in [0.5, 0.6) is 0 Å². The molecule has 3 aromatic rings. The summed E-state index contributed by atoms with van der Waals surface area (Å²) in [6, 6.07) is 16.4. The number of nitrogens with zero attached hydrogens (tertiary/aromatic N) is 1. The largest absolute Gasteiger partial charge is 0.465 e. The molecular weight excluding hydrogens is 466 g/mol. The number of benzene rings is 3. The second kappa shape index (κ2) is 10.9. The van der Waals surface area contributed by atoms with Gasteiger partial charge in [-0.1, -0.05) is 48.9 Å². The van der Waals surface area contributed by atoms with Gasteiger partial charge in [0.05, 0.1) is 23.9 Å². The number of rotatable bonds is 8. The maximum atomic E-state index is 13.4. The van der Waals surface area contributed by atoms with Gasteiger partial charge < -0.3 is 15.0 Å². The number of amides is 1. The molecule has 0 aliphatic carbocycles. The highest BCUT2D eigenvalue weighted by molar-refractivity contribution is 7.92. The molecule has 0 unspecified atom stereocenters. The summed E-state index contributed by atoms with van der Waals surface area (Å²) in [6.45, 7) is 3.17. The average Bonchev–Trinajstić information content (AvgIpc) is 2.88. The lowest BCUT2D eigenvalue weighted by molar-refractivity contribution is 0.0604. The fourth-order valence-corrected chi connectivity index (χ4v) is 5.65. The van der Waals surface area contributed by atoms with Crippen molar-refractivity contribution >= 4 is 38.4 Å². The maximum Gasteiger partial charge on any atom is 0.340 e. The molecular formula is C26H29N3O5S. The second-order valence-corrected chi connectivity index (χ2v) is 10.1. The smallest absolute Gasteiger partial charge is 0.340 e. The lowest BCUT2D eigenvalue weighted by atomic mass is 10.0. The summed E-state index contributed by atoms with van der Waals surface area (Å²) in [5.41, 5.74) is 0.229. The third-order valence-electron chi connectivity index (χ3n) is 6.15. The van der Waals surface area contributed by atoms with E-state index in [2.05, 4.69) is 14.9 Å². The van der Waals surface area contributed by atoms with Crippen LogP contribution in [-0.4, -0.2) is 58.5 Å². The van der Waals surface area contributed by atoms with Crippen molar-refractivity contribution in [3.63, 3.8) is 0 Å². The Hall–Kier alpha value is -3.43. The molecule has 4 rings (SSSR count). The van der Waals surface area contributed by atoms with Crippen molar-refractivity contribution in [1.29, 1.82) is 0 Å². The minimum Gasteiger partial charge on any atom is -0.465 e. The van der Waals surface area contributed by atoms with Crippen molar-refractivity contribution in [2.75, 3.05) is 38.0 Å². The van der Waals surface area contributed by atoms with Crippen LogP contribution < -0.4 is 10.0 Å². The number of fused-ring (bicyclic) bond motifs is 1. The van der Waals surface area contributed by atoms with Crippen LogP contribution in [-0.2, 0) is 14.8 Å². The third kappa shape index (κ3) is 5.63. The van der Waals surface area contributed by atoms with E-state index in [1.54, 1.807) is 30.3 Å². The Morgan fingerprint density at radius 3 is 2.43 bits per heavy atom. The fourth-order valence-electron chi connectivity index (χ4n) is 4.37. The lowest BCUT2D eigenvalue weighted by Crippen LogP contribution is -2.38. The van der Waals surface area contributed by atoms with Crippen LogP contribution in [0.25, 0.3) is 10.8 Å². The molecule has 0 atom stereocenters. The first-order valence-electron chi connectivity index (χ1n) is 11.6. The van der Waals surface area contributed by atoms with Gasteiger partial charge in [0.1, 0.15) is 4.90 Å². The van der Waals surface area contributed by atoms with Crippen molar-refractivity contribution < 1.29 is 22.7 Å². The van der Waals surface area contributed by atoms with Gasteiger partial charge in [0.25, 0.3) is 15.9 Å². The summed E-state index contributed by atoms with van der Waals surface area (Å²) < 4.78 is 34.2. The molecule has 1 aliphatic rings. The summed E-state index contributed by atoms with van der Waals surface area (Å²) in [6.07, 6.45) is 3.54. The standard InChI is InChI=1S/C26H29N3O5S/c1-34-26(31)24-20-10-4-3-9-19(20)13-14-22(24)28-35(32,33)23-12-6-5-11-21(23)25(30)27-15-18-29-16-7-2-8-17-29/h3-6,9-14,28H,2,7-8,15-18H2,1H3,(H,27,30). The summed E-state index contributed by atoms with van der Waals surface area (Å²) in [4.78, 5) is 27.6. The van der Waals surface area contributed by atoms with Gasteiger partial charge in [-0.25, -0.2) is 13.2 Å². The van der Waals surface area contributed by atoms with Crippen molar-refractivity contribution in [2.45, 2.75) is 24.2 Å². The number of sulfonamides is 1. The molecule has 184 valence electrons. The molecule has 1 saturated heterocycles. The molecule has 0 spiro atoms. The molecule has 2 N–H and O–H groups in total. The molecule has 0 aromatic heterocycles. The number of likely N-dealkylation sites (tertiary alicyclic amines) is 1. The van der Waals surface area contributed by atoms with Gasteiger partial charge in [-0.15, -0.1) is 0 Å². The number of anilines is 1. The van der Waals surface area contributed by atoms with E-state index in [0.717, 1.165) is 37.9 Å². The summed E-state index contributed by atoms with van der Waals surface area (Å²) in [5, 5.41) is 4.17. The fraction of sp³-hybridized carbons (Fsp3) is 0.308. The molecule has 1 heterocycles. The van der Waals surface area contributed by atoms with Crippen molar-refractivity contribution in [3.8, 4) is 0 Å². The molecule has 1 fully saturated rings. The summed E-state index contributed by atoms with van der Waals surface area (Å²) >= 11 is 0.